The van der Waals surface area contributed by atoms with Gasteiger partial charge < -0.3 is 21.1 Å². The van der Waals surface area contributed by atoms with Crippen LogP contribution in [0.5, 0.6) is 0 Å². The molecule has 18 heavy (non-hydrogen) atoms. The molecule has 0 aliphatic carbocycles. The molecule has 0 amide bonds. The van der Waals surface area contributed by atoms with E-state index in [1.807, 2.05) is 6.07 Å². The lowest BCUT2D eigenvalue weighted by Crippen LogP contribution is -2.30. The van der Waals surface area contributed by atoms with E-state index in [4.69, 9.17) is 5.73 Å². The zero-order valence-electron chi connectivity index (χ0n) is 10.9. The van der Waals surface area contributed by atoms with Crippen molar-refractivity contribution in [3.63, 3.8) is 0 Å². The molecule has 6 heteroatoms. The van der Waals surface area contributed by atoms with E-state index >= 15 is 0 Å². The van der Waals surface area contributed by atoms with Crippen LogP contribution in [0.1, 0.15) is 20.3 Å². The first-order chi connectivity index (χ1) is 8.44. The first kappa shape index (κ1) is 13.0. The SMILES string of the molecule is CC(C)(O)CNc1nccc(N2CCC(N)C2)n1. The van der Waals surface area contributed by atoms with Crippen LogP contribution >= 0.6 is 0 Å². The van der Waals surface area contributed by atoms with E-state index in [0.717, 1.165) is 25.3 Å². The number of nitrogens with zero attached hydrogens (tertiary/aromatic N) is 3. The Balaban J connectivity index is 2.01. The van der Waals surface area contributed by atoms with Crippen molar-refractivity contribution < 1.29 is 5.11 Å². The third-order valence-corrected chi connectivity index (χ3v) is 2.87. The molecule has 0 saturated carbocycles. The number of aliphatic hydroxyl groups is 1. The number of nitrogens with two attached hydrogens (primary N) is 1. The van der Waals surface area contributed by atoms with E-state index < -0.39 is 5.60 Å². The standard InChI is InChI=1S/C12H21N5O/c1-12(2,18)8-15-11-14-5-3-10(16-11)17-6-4-9(13)7-17/h3,5,9,18H,4,6-8,13H2,1-2H3,(H,14,15,16). The molecule has 1 aliphatic heterocycles. The Morgan fingerprint density at radius 2 is 2.39 bits per heavy atom. The van der Waals surface area contributed by atoms with E-state index in [1.165, 1.54) is 0 Å². The Labute approximate surface area is 107 Å². The predicted molar refractivity (Wildman–Crippen MR) is 71.6 cm³/mol. The van der Waals surface area contributed by atoms with Crippen molar-refractivity contribution in [1.82, 2.24) is 9.97 Å². The molecule has 0 spiro atoms. The summed E-state index contributed by atoms with van der Waals surface area (Å²) in [5, 5.41) is 12.7. The second kappa shape index (κ2) is 5.07. The first-order valence-corrected chi connectivity index (χ1v) is 6.24. The quantitative estimate of drug-likeness (QED) is 0.708. The summed E-state index contributed by atoms with van der Waals surface area (Å²) in [4.78, 5) is 10.7. The number of anilines is 2. The van der Waals surface area contributed by atoms with Gasteiger partial charge in [0.15, 0.2) is 0 Å². The zero-order valence-corrected chi connectivity index (χ0v) is 10.9. The molecule has 1 atom stereocenters. The molecule has 0 aromatic carbocycles. The summed E-state index contributed by atoms with van der Waals surface area (Å²) in [5.74, 6) is 1.42. The van der Waals surface area contributed by atoms with Gasteiger partial charge in [-0.3, -0.25) is 0 Å². The fourth-order valence-corrected chi connectivity index (χ4v) is 1.90. The first-order valence-electron chi connectivity index (χ1n) is 6.24. The summed E-state index contributed by atoms with van der Waals surface area (Å²) in [6.07, 6.45) is 2.72. The van der Waals surface area contributed by atoms with Crippen LogP contribution in [-0.2, 0) is 0 Å². The lowest BCUT2D eigenvalue weighted by atomic mass is 10.1. The second-order valence-corrected chi connectivity index (χ2v) is 5.40. The maximum absolute atomic E-state index is 9.65. The molecule has 1 unspecified atom stereocenters. The molecule has 1 aromatic rings. The highest BCUT2D eigenvalue weighted by molar-refractivity contribution is 5.43. The Morgan fingerprint density at radius 3 is 3.00 bits per heavy atom. The fourth-order valence-electron chi connectivity index (χ4n) is 1.90. The summed E-state index contributed by atoms with van der Waals surface area (Å²) in [7, 11) is 0. The summed E-state index contributed by atoms with van der Waals surface area (Å²) in [6, 6.07) is 2.11. The minimum absolute atomic E-state index is 0.229. The van der Waals surface area contributed by atoms with Crippen LogP contribution in [-0.4, -0.2) is 46.4 Å². The van der Waals surface area contributed by atoms with Gasteiger partial charge in [-0.25, -0.2) is 4.98 Å². The highest BCUT2D eigenvalue weighted by Crippen LogP contribution is 2.18. The summed E-state index contributed by atoms with van der Waals surface area (Å²) >= 11 is 0. The third kappa shape index (κ3) is 3.54. The average Bonchev–Trinajstić information content (AvgIpc) is 2.73. The average molecular weight is 251 g/mol. The van der Waals surface area contributed by atoms with Crippen molar-refractivity contribution in [3.8, 4) is 0 Å². The van der Waals surface area contributed by atoms with Gasteiger partial charge in [0.2, 0.25) is 5.95 Å². The third-order valence-electron chi connectivity index (χ3n) is 2.87. The van der Waals surface area contributed by atoms with Crippen molar-refractivity contribution in [2.45, 2.75) is 31.9 Å². The van der Waals surface area contributed by atoms with Crippen LogP contribution in [0.4, 0.5) is 11.8 Å². The predicted octanol–water partition coefficient (Wildman–Crippen LogP) is 0.197. The van der Waals surface area contributed by atoms with Crippen molar-refractivity contribution >= 4 is 11.8 Å². The minimum atomic E-state index is -0.782. The Bertz CT molecular complexity index is 404. The Kier molecular flexibility index (Phi) is 3.68. The van der Waals surface area contributed by atoms with Crippen LogP contribution in [0.15, 0.2) is 12.3 Å². The number of rotatable bonds is 4. The molecule has 0 bridgehead atoms. The Morgan fingerprint density at radius 1 is 1.61 bits per heavy atom. The molecule has 100 valence electrons. The molecular formula is C12H21N5O. The number of hydrogen-bond donors (Lipinski definition) is 3. The highest BCUT2D eigenvalue weighted by atomic mass is 16.3. The molecule has 1 aromatic heterocycles. The molecule has 6 nitrogen and oxygen atoms in total. The van der Waals surface area contributed by atoms with Gasteiger partial charge in [-0.2, -0.15) is 4.98 Å². The van der Waals surface area contributed by atoms with Crippen LogP contribution in [0.2, 0.25) is 0 Å². The lowest BCUT2D eigenvalue weighted by molar-refractivity contribution is 0.0943. The smallest absolute Gasteiger partial charge is 0.224 e. The van der Waals surface area contributed by atoms with Gasteiger partial charge >= 0.3 is 0 Å². The van der Waals surface area contributed by atoms with Crippen molar-refractivity contribution in [3.05, 3.63) is 12.3 Å². The van der Waals surface area contributed by atoms with E-state index in [9.17, 15) is 5.11 Å². The summed E-state index contributed by atoms with van der Waals surface area (Å²) in [5.41, 5.74) is 5.10. The normalized spacial score (nSPS) is 20.2. The van der Waals surface area contributed by atoms with Gasteiger partial charge in [-0.05, 0) is 26.3 Å². The largest absolute Gasteiger partial charge is 0.389 e. The zero-order chi connectivity index (χ0) is 13.2. The molecule has 1 saturated heterocycles. The number of aromatic nitrogens is 2. The van der Waals surface area contributed by atoms with Gasteiger partial charge in [-0.1, -0.05) is 0 Å². The summed E-state index contributed by atoms with van der Waals surface area (Å²) in [6.45, 7) is 5.66. The second-order valence-electron chi connectivity index (χ2n) is 5.40. The Hall–Kier alpha value is -1.40. The molecule has 2 heterocycles. The van der Waals surface area contributed by atoms with Gasteiger partial charge in [0, 0.05) is 31.9 Å². The van der Waals surface area contributed by atoms with Crippen LogP contribution in [0, 0.1) is 0 Å². The fraction of sp³-hybridized carbons (Fsp3) is 0.667. The van der Waals surface area contributed by atoms with Crippen LogP contribution in [0.25, 0.3) is 0 Å². The molecule has 1 fully saturated rings. The highest BCUT2D eigenvalue weighted by Gasteiger charge is 2.20. The van der Waals surface area contributed by atoms with Gasteiger partial charge in [0.1, 0.15) is 5.82 Å². The number of hydrogen-bond acceptors (Lipinski definition) is 6. The minimum Gasteiger partial charge on any atom is -0.389 e. The van der Waals surface area contributed by atoms with E-state index in [0.29, 0.717) is 12.5 Å². The van der Waals surface area contributed by atoms with E-state index in [2.05, 4.69) is 20.2 Å². The van der Waals surface area contributed by atoms with Crippen LogP contribution < -0.4 is 16.0 Å². The van der Waals surface area contributed by atoms with E-state index in [-0.39, 0.29) is 6.04 Å². The van der Waals surface area contributed by atoms with Gasteiger partial charge in [0.25, 0.3) is 0 Å². The van der Waals surface area contributed by atoms with Crippen molar-refractivity contribution in [1.29, 1.82) is 0 Å². The molecule has 4 N–H and O–H groups in total. The van der Waals surface area contributed by atoms with Gasteiger partial charge in [-0.15, -0.1) is 0 Å². The number of nitrogens with one attached hydrogen (secondary N) is 1. The lowest BCUT2D eigenvalue weighted by Gasteiger charge is -2.19. The molecule has 1 aliphatic rings. The monoisotopic (exact) mass is 251 g/mol. The topological polar surface area (TPSA) is 87.3 Å². The molecule has 0 radical (unpaired) electrons. The molecular weight excluding hydrogens is 230 g/mol. The maximum Gasteiger partial charge on any atom is 0.224 e. The molecule has 2 rings (SSSR count). The van der Waals surface area contributed by atoms with Crippen molar-refractivity contribution in [2.24, 2.45) is 5.73 Å². The maximum atomic E-state index is 9.65. The van der Waals surface area contributed by atoms with E-state index in [1.54, 1.807) is 20.0 Å². The van der Waals surface area contributed by atoms with Crippen molar-refractivity contribution in [2.75, 3.05) is 29.9 Å². The van der Waals surface area contributed by atoms with Crippen LogP contribution in [0.3, 0.4) is 0 Å². The van der Waals surface area contributed by atoms with Gasteiger partial charge in [0.05, 0.1) is 5.60 Å². The summed E-state index contributed by atoms with van der Waals surface area (Å²) < 4.78 is 0.